The fourth-order valence-electron chi connectivity index (χ4n) is 5.65. The van der Waals surface area contributed by atoms with Gasteiger partial charge in [0, 0.05) is 12.0 Å². The fraction of sp³-hybridized carbons (Fsp3) is 0.774. The summed E-state index contributed by atoms with van der Waals surface area (Å²) in [6, 6.07) is 0. The molecule has 0 amide bonds. The summed E-state index contributed by atoms with van der Waals surface area (Å²) in [7, 11) is 0. The summed E-state index contributed by atoms with van der Waals surface area (Å²) < 4.78 is 12.5. The maximum absolute atomic E-state index is 11.3. The minimum Gasteiger partial charge on any atom is -0.507 e. The summed E-state index contributed by atoms with van der Waals surface area (Å²) in [5, 5.41) is 19.8. The molecule has 5 nitrogen and oxygen atoms in total. The quantitative estimate of drug-likeness (QED) is 0.254. The van der Waals surface area contributed by atoms with Gasteiger partial charge in [-0.2, -0.15) is 0 Å². The third-order valence-electron chi connectivity index (χ3n) is 8.40. The largest absolute Gasteiger partial charge is 0.507 e. The standard InChI is InChI=1S/C31H52O5/c1-20(2)12-9-13-21(3)14-10-15-22(4)16-11-17-31(8)27(35-19-28(32)33)18-26-25(7)29(34)23(5)24(6)30(26)36-31/h20-22,27,34H,9-19H2,1-8H3,(H,32,33)/t21-,22+,27?,31-/m0/s1. The summed E-state index contributed by atoms with van der Waals surface area (Å²) in [6.07, 6.45) is 11.0. The normalized spacial score (nSPS) is 21.2. The number of phenols is 1. The molecule has 1 aliphatic rings. The molecule has 2 rings (SSSR count). The number of fused-ring (bicyclic) bond motifs is 1. The predicted octanol–water partition coefficient (Wildman–Crippen LogP) is 7.92. The molecule has 0 radical (unpaired) electrons. The van der Waals surface area contributed by atoms with Crippen molar-refractivity contribution in [3.05, 3.63) is 22.3 Å². The first-order valence-electron chi connectivity index (χ1n) is 14.2. The summed E-state index contributed by atoms with van der Waals surface area (Å²) in [5.41, 5.74) is 2.91. The Hall–Kier alpha value is -1.75. The molecule has 4 atom stereocenters. The molecule has 0 spiro atoms. The van der Waals surface area contributed by atoms with Crippen molar-refractivity contribution in [2.24, 2.45) is 17.8 Å². The van der Waals surface area contributed by atoms with E-state index in [9.17, 15) is 15.0 Å². The second-order valence-corrected chi connectivity index (χ2v) is 12.2. The average Bonchev–Trinajstić information content (AvgIpc) is 2.80. The summed E-state index contributed by atoms with van der Waals surface area (Å²) in [5.74, 6) is 2.42. The Morgan fingerprint density at radius 2 is 1.50 bits per heavy atom. The van der Waals surface area contributed by atoms with Gasteiger partial charge in [-0.25, -0.2) is 4.79 Å². The van der Waals surface area contributed by atoms with Crippen molar-refractivity contribution in [2.75, 3.05) is 6.61 Å². The number of hydrogen-bond donors (Lipinski definition) is 2. The number of carboxylic acid groups (broad SMARTS) is 1. The van der Waals surface area contributed by atoms with Gasteiger partial charge in [-0.1, -0.05) is 72.6 Å². The number of benzene rings is 1. The molecule has 2 N–H and O–H groups in total. The van der Waals surface area contributed by atoms with Gasteiger partial charge in [0.25, 0.3) is 0 Å². The average molecular weight is 505 g/mol. The molecule has 206 valence electrons. The molecule has 0 saturated heterocycles. The first-order valence-corrected chi connectivity index (χ1v) is 14.2. The van der Waals surface area contributed by atoms with Crippen LogP contribution < -0.4 is 4.74 Å². The Morgan fingerprint density at radius 3 is 2.06 bits per heavy atom. The van der Waals surface area contributed by atoms with E-state index in [1.807, 2.05) is 20.8 Å². The fourth-order valence-corrected chi connectivity index (χ4v) is 5.65. The van der Waals surface area contributed by atoms with Crippen molar-refractivity contribution in [3.63, 3.8) is 0 Å². The molecule has 0 aromatic heterocycles. The monoisotopic (exact) mass is 504 g/mol. The van der Waals surface area contributed by atoms with Crippen LogP contribution >= 0.6 is 0 Å². The molecular weight excluding hydrogens is 452 g/mol. The van der Waals surface area contributed by atoms with E-state index in [2.05, 4.69) is 34.6 Å². The number of hydrogen-bond acceptors (Lipinski definition) is 4. The van der Waals surface area contributed by atoms with Gasteiger partial charge in [-0.15, -0.1) is 0 Å². The minimum absolute atomic E-state index is 0.290. The number of phenolic OH excluding ortho intramolecular Hbond substituents is 1. The third kappa shape index (κ3) is 8.39. The Morgan fingerprint density at radius 1 is 0.944 bits per heavy atom. The van der Waals surface area contributed by atoms with Crippen LogP contribution in [0.25, 0.3) is 0 Å². The topological polar surface area (TPSA) is 76.0 Å². The number of rotatable bonds is 15. The van der Waals surface area contributed by atoms with E-state index < -0.39 is 11.6 Å². The van der Waals surface area contributed by atoms with Crippen molar-refractivity contribution < 1.29 is 24.5 Å². The lowest BCUT2D eigenvalue weighted by molar-refractivity contribution is -0.152. The predicted molar refractivity (Wildman–Crippen MR) is 147 cm³/mol. The van der Waals surface area contributed by atoms with Crippen LogP contribution in [0, 0.1) is 38.5 Å². The number of aromatic hydroxyl groups is 1. The highest BCUT2D eigenvalue weighted by atomic mass is 16.6. The van der Waals surface area contributed by atoms with Gasteiger partial charge < -0.3 is 19.7 Å². The highest BCUT2D eigenvalue weighted by molar-refractivity contribution is 5.68. The zero-order chi connectivity index (χ0) is 27.0. The van der Waals surface area contributed by atoms with Crippen molar-refractivity contribution in [3.8, 4) is 11.5 Å². The first kappa shape index (κ1) is 30.5. The van der Waals surface area contributed by atoms with Crippen LogP contribution in [0.3, 0.4) is 0 Å². The lowest BCUT2D eigenvalue weighted by atomic mass is 9.81. The molecule has 5 heteroatoms. The van der Waals surface area contributed by atoms with Crippen molar-refractivity contribution in [1.82, 2.24) is 0 Å². The molecule has 0 aliphatic carbocycles. The maximum atomic E-state index is 11.3. The Balaban J connectivity index is 1.95. The van der Waals surface area contributed by atoms with Gasteiger partial charge in [0.15, 0.2) is 0 Å². The van der Waals surface area contributed by atoms with Crippen LogP contribution in [0.1, 0.15) is 115 Å². The molecular formula is C31H52O5. The Kier molecular flexibility index (Phi) is 11.6. The molecule has 1 heterocycles. The first-order chi connectivity index (χ1) is 16.9. The molecule has 1 unspecified atom stereocenters. The van der Waals surface area contributed by atoms with Crippen LogP contribution in [0.15, 0.2) is 0 Å². The van der Waals surface area contributed by atoms with Crippen LogP contribution in [-0.2, 0) is 16.0 Å². The van der Waals surface area contributed by atoms with Crippen LogP contribution in [0.2, 0.25) is 0 Å². The minimum atomic E-state index is -0.977. The molecule has 0 bridgehead atoms. The lowest BCUT2D eigenvalue weighted by Gasteiger charge is -2.43. The second kappa shape index (κ2) is 13.7. The van der Waals surface area contributed by atoms with E-state index in [0.717, 1.165) is 59.1 Å². The van der Waals surface area contributed by atoms with E-state index in [1.165, 1.54) is 38.5 Å². The van der Waals surface area contributed by atoms with E-state index in [4.69, 9.17) is 9.47 Å². The van der Waals surface area contributed by atoms with Gasteiger partial charge in [0.2, 0.25) is 0 Å². The second-order valence-electron chi connectivity index (χ2n) is 12.2. The van der Waals surface area contributed by atoms with Crippen molar-refractivity contribution in [2.45, 2.75) is 131 Å². The molecule has 1 aromatic carbocycles. The Labute approximate surface area is 220 Å². The van der Waals surface area contributed by atoms with Gasteiger partial charge in [-0.3, -0.25) is 0 Å². The number of ether oxygens (including phenoxy) is 2. The molecule has 1 aliphatic heterocycles. The number of carboxylic acids is 1. The lowest BCUT2D eigenvalue weighted by Crippen LogP contribution is -2.51. The summed E-state index contributed by atoms with van der Waals surface area (Å²) in [6.45, 7) is 16.9. The molecule has 1 aromatic rings. The smallest absolute Gasteiger partial charge is 0.329 e. The Bertz CT molecular complexity index is 861. The van der Waals surface area contributed by atoms with Crippen molar-refractivity contribution in [1.29, 1.82) is 0 Å². The van der Waals surface area contributed by atoms with E-state index in [-0.39, 0.29) is 12.7 Å². The van der Waals surface area contributed by atoms with Gasteiger partial charge in [-0.05, 0) is 75.0 Å². The maximum Gasteiger partial charge on any atom is 0.329 e. The molecule has 0 fully saturated rings. The number of carbonyl (C=O) groups is 1. The highest BCUT2D eigenvalue weighted by Crippen LogP contribution is 2.45. The van der Waals surface area contributed by atoms with Gasteiger partial charge in [0.05, 0.1) is 0 Å². The van der Waals surface area contributed by atoms with Crippen LogP contribution in [0.5, 0.6) is 11.5 Å². The zero-order valence-electron chi connectivity index (χ0n) is 24.2. The highest BCUT2D eigenvalue weighted by Gasteiger charge is 2.43. The third-order valence-corrected chi connectivity index (χ3v) is 8.40. The summed E-state index contributed by atoms with van der Waals surface area (Å²) >= 11 is 0. The van der Waals surface area contributed by atoms with Crippen LogP contribution in [0.4, 0.5) is 0 Å². The van der Waals surface area contributed by atoms with E-state index >= 15 is 0 Å². The molecule has 36 heavy (non-hydrogen) atoms. The summed E-state index contributed by atoms with van der Waals surface area (Å²) in [4.78, 5) is 11.3. The zero-order valence-corrected chi connectivity index (χ0v) is 24.2. The van der Waals surface area contributed by atoms with E-state index in [1.54, 1.807) is 0 Å². The van der Waals surface area contributed by atoms with Gasteiger partial charge in [0.1, 0.15) is 29.8 Å². The van der Waals surface area contributed by atoms with E-state index in [0.29, 0.717) is 18.1 Å². The number of aliphatic carboxylic acids is 1. The van der Waals surface area contributed by atoms with Crippen LogP contribution in [-0.4, -0.2) is 34.5 Å². The molecule has 0 saturated carbocycles. The SMILES string of the molecule is Cc1c(C)c2c(c(C)c1O)CC(OCC(=O)O)[C@](C)(CCC[C@H](C)CCC[C@@H](C)CCCC(C)C)O2. The van der Waals surface area contributed by atoms with Crippen molar-refractivity contribution >= 4 is 5.97 Å². The van der Waals surface area contributed by atoms with Gasteiger partial charge >= 0.3 is 5.97 Å².